The first-order valence-electron chi connectivity index (χ1n) is 7.68. The van der Waals surface area contributed by atoms with Crippen molar-refractivity contribution in [2.75, 3.05) is 13.2 Å². The zero-order valence-electron chi connectivity index (χ0n) is 12.5. The van der Waals surface area contributed by atoms with Gasteiger partial charge in [0.05, 0.1) is 13.0 Å². The summed E-state index contributed by atoms with van der Waals surface area (Å²) in [6, 6.07) is 9.92. The standard InChI is InChI=1S/C17H27NO2/c1-2-3-4-5-9-12-20-17(19)13-16(14-18)15-10-7-6-8-11-15/h6-8,10-11,16H,2-5,9,12-14,18H2,1H3/t16-/m1/s1. The zero-order chi connectivity index (χ0) is 14.6. The summed E-state index contributed by atoms with van der Waals surface area (Å²) in [7, 11) is 0. The van der Waals surface area contributed by atoms with Gasteiger partial charge in [-0.15, -0.1) is 0 Å². The van der Waals surface area contributed by atoms with Gasteiger partial charge in [0.25, 0.3) is 0 Å². The molecule has 0 heterocycles. The fraction of sp³-hybridized carbons (Fsp3) is 0.588. The Bertz CT molecular complexity index is 365. The van der Waals surface area contributed by atoms with Crippen molar-refractivity contribution in [3.63, 3.8) is 0 Å². The molecule has 0 radical (unpaired) electrons. The molecule has 0 amide bonds. The molecule has 3 nitrogen and oxygen atoms in total. The van der Waals surface area contributed by atoms with E-state index in [9.17, 15) is 4.79 Å². The molecule has 2 N–H and O–H groups in total. The molecule has 1 rings (SSSR count). The normalized spacial score (nSPS) is 12.1. The van der Waals surface area contributed by atoms with E-state index in [4.69, 9.17) is 10.5 Å². The number of nitrogens with two attached hydrogens (primary N) is 1. The average Bonchev–Trinajstić information content (AvgIpc) is 2.49. The van der Waals surface area contributed by atoms with Crippen LogP contribution < -0.4 is 5.73 Å². The summed E-state index contributed by atoms with van der Waals surface area (Å²) in [4.78, 5) is 11.8. The topological polar surface area (TPSA) is 52.3 Å². The van der Waals surface area contributed by atoms with Crippen LogP contribution in [-0.2, 0) is 9.53 Å². The summed E-state index contributed by atoms with van der Waals surface area (Å²) in [5, 5.41) is 0. The minimum absolute atomic E-state index is 0.0591. The van der Waals surface area contributed by atoms with E-state index in [1.165, 1.54) is 19.3 Å². The lowest BCUT2D eigenvalue weighted by Crippen LogP contribution is -2.18. The number of ether oxygens (including phenoxy) is 1. The van der Waals surface area contributed by atoms with Crippen molar-refractivity contribution in [3.05, 3.63) is 35.9 Å². The molecule has 0 saturated carbocycles. The second-order valence-corrected chi connectivity index (χ2v) is 5.18. The molecule has 1 aromatic rings. The minimum atomic E-state index is -0.139. The predicted molar refractivity (Wildman–Crippen MR) is 82.6 cm³/mol. The highest BCUT2D eigenvalue weighted by Gasteiger charge is 2.15. The van der Waals surface area contributed by atoms with Crippen LogP contribution in [0.2, 0.25) is 0 Å². The van der Waals surface area contributed by atoms with Crippen LogP contribution >= 0.6 is 0 Å². The van der Waals surface area contributed by atoms with Gasteiger partial charge >= 0.3 is 5.97 Å². The van der Waals surface area contributed by atoms with Crippen LogP contribution in [0.1, 0.15) is 56.9 Å². The first-order chi connectivity index (χ1) is 9.77. The second kappa shape index (κ2) is 10.4. The largest absolute Gasteiger partial charge is 0.466 e. The van der Waals surface area contributed by atoms with E-state index in [0.29, 0.717) is 19.6 Å². The van der Waals surface area contributed by atoms with Gasteiger partial charge in [-0.05, 0) is 18.5 Å². The Morgan fingerprint density at radius 2 is 1.85 bits per heavy atom. The van der Waals surface area contributed by atoms with Crippen molar-refractivity contribution >= 4 is 5.97 Å². The van der Waals surface area contributed by atoms with Gasteiger partial charge in [0.2, 0.25) is 0 Å². The van der Waals surface area contributed by atoms with Crippen molar-refractivity contribution in [1.29, 1.82) is 0 Å². The Kier molecular flexibility index (Phi) is 8.72. The number of esters is 1. The summed E-state index contributed by atoms with van der Waals surface area (Å²) in [6.45, 7) is 3.20. The first-order valence-corrected chi connectivity index (χ1v) is 7.68. The Morgan fingerprint density at radius 1 is 1.15 bits per heavy atom. The summed E-state index contributed by atoms with van der Waals surface area (Å²) in [6.07, 6.45) is 6.19. The van der Waals surface area contributed by atoms with E-state index >= 15 is 0 Å². The minimum Gasteiger partial charge on any atom is -0.466 e. The third-order valence-corrected chi connectivity index (χ3v) is 3.48. The van der Waals surface area contributed by atoms with E-state index in [-0.39, 0.29) is 11.9 Å². The van der Waals surface area contributed by atoms with Crippen LogP contribution in [0.4, 0.5) is 0 Å². The van der Waals surface area contributed by atoms with Crippen LogP contribution in [0.3, 0.4) is 0 Å². The number of unbranched alkanes of at least 4 members (excludes halogenated alkanes) is 4. The highest BCUT2D eigenvalue weighted by molar-refractivity contribution is 5.70. The smallest absolute Gasteiger partial charge is 0.306 e. The molecule has 0 aliphatic rings. The van der Waals surface area contributed by atoms with Crippen molar-refractivity contribution in [3.8, 4) is 0 Å². The van der Waals surface area contributed by atoms with Gasteiger partial charge in [0.15, 0.2) is 0 Å². The van der Waals surface area contributed by atoms with Gasteiger partial charge in [-0.25, -0.2) is 0 Å². The maximum atomic E-state index is 11.8. The first kappa shape index (κ1) is 16.7. The molecular formula is C17H27NO2. The fourth-order valence-corrected chi connectivity index (χ4v) is 2.21. The number of hydrogen-bond acceptors (Lipinski definition) is 3. The number of benzene rings is 1. The molecule has 3 heteroatoms. The lowest BCUT2D eigenvalue weighted by Gasteiger charge is -2.14. The third-order valence-electron chi connectivity index (χ3n) is 3.48. The molecule has 0 fully saturated rings. The van der Waals surface area contributed by atoms with Gasteiger partial charge in [-0.1, -0.05) is 62.9 Å². The molecule has 0 bridgehead atoms. The third kappa shape index (κ3) is 6.71. The summed E-state index contributed by atoms with van der Waals surface area (Å²) in [5.74, 6) is -0.0800. The number of carbonyl (C=O) groups excluding carboxylic acids is 1. The predicted octanol–water partition coefficient (Wildman–Crippen LogP) is 3.63. The van der Waals surface area contributed by atoms with E-state index in [0.717, 1.165) is 18.4 Å². The van der Waals surface area contributed by atoms with E-state index < -0.39 is 0 Å². The van der Waals surface area contributed by atoms with Crippen molar-refractivity contribution in [2.45, 2.75) is 51.4 Å². The maximum absolute atomic E-state index is 11.8. The van der Waals surface area contributed by atoms with Crippen LogP contribution in [0, 0.1) is 0 Å². The molecule has 112 valence electrons. The molecule has 20 heavy (non-hydrogen) atoms. The monoisotopic (exact) mass is 277 g/mol. The van der Waals surface area contributed by atoms with Crippen LogP contribution in [-0.4, -0.2) is 19.1 Å². The van der Waals surface area contributed by atoms with Crippen molar-refractivity contribution in [2.24, 2.45) is 5.73 Å². The highest BCUT2D eigenvalue weighted by atomic mass is 16.5. The quantitative estimate of drug-likeness (QED) is 0.525. The Balaban J connectivity index is 2.23. The molecule has 0 unspecified atom stereocenters. The molecule has 1 atom stereocenters. The lowest BCUT2D eigenvalue weighted by atomic mass is 9.96. The summed E-state index contributed by atoms with van der Waals surface area (Å²) in [5.41, 5.74) is 6.86. The molecule has 1 aromatic carbocycles. The second-order valence-electron chi connectivity index (χ2n) is 5.18. The van der Waals surface area contributed by atoms with Crippen LogP contribution in [0.5, 0.6) is 0 Å². The fourth-order valence-electron chi connectivity index (χ4n) is 2.21. The van der Waals surface area contributed by atoms with Gasteiger partial charge in [0, 0.05) is 5.92 Å². The SMILES string of the molecule is CCCCCCCOC(=O)C[C@H](CN)c1ccccc1. The maximum Gasteiger partial charge on any atom is 0.306 e. The van der Waals surface area contributed by atoms with Gasteiger partial charge in [-0.2, -0.15) is 0 Å². The number of rotatable bonds is 10. The molecule has 0 saturated heterocycles. The Labute approximate surface area is 122 Å². The van der Waals surface area contributed by atoms with Gasteiger partial charge in [-0.3, -0.25) is 4.79 Å². The Morgan fingerprint density at radius 3 is 2.50 bits per heavy atom. The van der Waals surface area contributed by atoms with Crippen LogP contribution in [0.15, 0.2) is 30.3 Å². The zero-order valence-corrected chi connectivity index (χ0v) is 12.5. The van der Waals surface area contributed by atoms with Crippen molar-refractivity contribution < 1.29 is 9.53 Å². The lowest BCUT2D eigenvalue weighted by molar-refractivity contribution is -0.144. The number of hydrogen-bond donors (Lipinski definition) is 1. The molecule has 0 aromatic heterocycles. The highest BCUT2D eigenvalue weighted by Crippen LogP contribution is 2.18. The van der Waals surface area contributed by atoms with E-state index in [1.807, 2.05) is 30.3 Å². The number of carbonyl (C=O) groups is 1. The van der Waals surface area contributed by atoms with Gasteiger partial charge < -0.3 is 10.5 Å². The summed E-state index contributed by atoms with van der Waals surface area (Å²) >= 11 is 0. The average molecular weight is 277 g/mol. The van der Waals surface area contributed by atoms with E-state index in [2.05, 4.69) is 6.92 Å². The molecule has 0 aliphatic heterocycles. The van der Waals surface area contributed by atoms with Crippen molar-refractivity contribution in [1.82, 2.24) is 0 Å². The van der Waals surface area contributed by atoms with Gasteiger partial charge in [0.1, 0.15) is 0 Å². The molecule has 0 spiro atoms. The Hall–Kier alpha value is -1.35. The van der Waals surface area contributed by atoms with E-state index in [1.54, 1.807) is 0 Å². The molecule has 0 aliphatic carbocycles. The summed E-state index contributed by atoms with van der Waals surface area (Å²) < 4.78 is 5.28. The van der Waals surface area contributed by atoms with Crippen LogP contribution in [0.25, 0.3) is 0 Å². The molecular weight excluding hydrogens is 250 g/mol.